The van der Waals surface area contributed by atoms with Crippen molar-refractivity contribution in [2.45, 2.75) is 58.3 Å². The van der Waals surface area contributed by atoms with Crippen LogP contribution in [0.4, 0.5) is 0 Å². The lowest BCUT2D eigenvalue weighted by Gasteiger charge is -2.38. The van der Waals surface area contributed by atoms with E-state index in [1.54, 1.807) is 0 Å². The molecule has 0 aliphatic rings. The first kappa shape index (κ1) is 17.6. The Hall–Kier alpha value is 0.596. The number of nitrogens with one attached hydrogen (secondary N) is 1. The van der Waals surface area contributed by atoms with Crippen LogP contribution in [-0.2, 0) is 8.23 Å². The second kappa shape index (κ2) is 6.67. The van der Waals surface area contributed by atoms with Gasteiger partial charge in [0.2, 0.25) is 0 Å². The molecule has 3 nitrogen and oxygen atoms in total. The van der Waals surface area contributed by atoms with Gasteiger partial charge in [0.1, 0.15) is 0 Å². The molecule has 0 aliphatic heterocycles. The fourth-order valence-corrected chi connectivity index (χ4v) is 14.5. The van der Waals surface area contributed by atoms with Gasteiger partial charge < -0.3 is 13.5 Å². The molecule has 0 amide bonds. The normalized spacial score (nSPS) is 14.1. The molecular weight excluding hydrogens is 261 g/mol. The van der Waals surface area contributed by atoms with Gasteiger partial charge in [-0.05, 0) is 64.8 Å². The maximum atomic E-state index is 6.37. The predicted molar refractivity (Wildman–Crippen MR) is 83.7 cm³/mol. The molecule has 0 aromatic rings. The average molecular weight is 289 g/mol. The molecule has 0 heterocycles. The summed E-state index contributed by atoms with van der Waals surface area (Å²) in [5.74, 6) is 0. The second-order valence-corrected chi connectivity index (χ2v) is 19.5. The second-order valence-electron chi connectivity index (χ2n) is 6.62. The SMILES string of the molecule is [B]NCCC[Si](C)(O[Si](C)(C)C)O[Si](C)(C)C. The van der Waals surface area contributed by atoms with Crippen molar-refractivity contribution >= 4 is 33.2 Å². The smallest absolute Gasteiger partial charge is 0.314 e. The average Bonchev–Trinajstić information content (AvgIpc) is 1.96. The van der Waals surface area contributed by atoms with Gasteiger partial charge in [0.15, 0.2) is 24.6 Å². The molecule has 0 fully saturated rings. The Morgan fingerprint density at radius 2 is 1.29 bits per heavy atom. The molecule has 0 atom stereocenters. The van der Waals surface area contributed by atoms with Crippen molar-refractivity contribution in [3.8, 4) is 0 Å². The summed E-state index contributed by atoms with van der Waals surface area (Å²) in [6, 6.07) is 1.02. The third kappa shape index (κ3) is 10.2. The first-order valence-corrected chi connectivity index (χ1v) is 15.7. The Morgan fingerprint density at radius 1 is 0.882 bits per heavy atom. The molecule has 17 heavy (non-hydrogen) atoms. The maximum Gasteiger partial charge on any atom is 0.314 e. The summed E-state index contributed by atoms with van der Waals surface area (Å²) in [4.78, 5) is 0. The highest BCUT2D eigenvalue weighted by Gasteiger charge is 2.39. The van der Waals surface area contributed by atoms with Gasteiger partial charge in [-0.25, -0.2) is 0 Å². The van der Waals surface area contributed by atoms with Crippen LogP contribution >= 0.6 is 0 Å². The molecule has 1 N–H and O–H groups in total. The standard InChI is InChI=1S/C10H28BNO2Si3/c1-15(2,3)13-17(7,10-8-9-12-11)14-16(4,5)6/h12H,8-10H2,1-7H3. The first-order valence-electron chi connectivity index (χ1n) is 6.31. The largest absolute Gasteiger partial charge is 0.437 e. The van der Waals surface area contributed by atoms with Gasteiger partial charge in [-0.2, -0.15) is 0 Å². The molecule has 0 spiro atoms. The third-order valence-electron chi connectivity index (χ3n) is 2.00. The zero-order valence-electron chi connectivity index (χ0n) is 12.5. The minimum absolute atomic E-state index is 0.826. The van der Waals surface area contributed by atoms with Crippen LogP contribution in [0.2, 0.25) is 51.9 Å². The quantitative estimate of drug-likeness (QED) is 0.550. The fraction of sp³-hybridized carbons (Fsp3) is 1.00. The Balaban J connectivity index is 4.57. The lowest BCUT2D eigenvalue weighted by atomic mass is 10.4. The highest BCUT2D eigenvalue weighted by molar-refractivity contribution is 6.87. The van der Waals surface area contributed by atoms with Crippen molar-refractivity contribution in [1.82, 2.24) is 5.23 Å². The Bertz CT molecular complexity index is 213. The minimum atomic E-state index is -2.03. The zero-order chi connectivity index (χ0) is 13.7. The number of hydrogen-bond acceptors (Lipinski definition) is 3. The van der Waals surface area contributed by atoms with Gasteiger partial charge >= 0.3 is 8.56 Å². The van der Waals surface area contributed by atoms with E-state index in [4.69, 9.17) is 16.2 Å². The molecule has 0 bridgehead atoms. The highest BCUT2D eigenvalue weighted by atomic mass is 28.5. The highest BCUT2D eigenvalue weighted by Crippen LogP contribution is 2.25. The van der Waals surface area contributed by atoms with E-state index in [1.165, 1.54) is 0 Å². The van der Waals surface area contributed by atoms with E-state index in [9.17, 15) is 0 Å². The molecule has 0 aliphatic carbocycles. The Kier molecular flexibility index (Phi) is 6.91. The van der Waals surface area contributed by atoms with E-state index < -0.39 is 25.2 Å². The lowest BCUT2D eigenvalue weighted by molar-refractivity contribution is 0.381. The summed E-state index contributed by atoms with van der Waals surface area (Å²) in [6.45, 7) is 16.4. The van der Waals surface area contributed by atoms with E-state index in [0.29, 0.717) is 0 Å². The van der Waals surface area contributed by atoms with Gasteiger partial charge in [0, 0.05) is 0 Å². The van der Waals surface area contributed by atoms with Crippen LogP contribution in [0.15, 0.2) is 0 Å². The van der Waals surface area contributed by atoms with Crippen LogP contribution in [0, 0.1) is 0 Å². The molecule has 7 heteroatoms. The van der Waals surface area contributed by atoms with Gasteiger partial charge in [-0.1, -0.05) is 0 Å². The van der Waals surface area contributed by atoms with Gasteiger partial charge in [-0.3, -0.25) is 0 Å². The molecule has 0 unspecified atom stereocenters. The van der Waals surface area contributed by atoms with Crippen molar-refractivity contribution in [2.75, 3.05) is 6.54 Å². The van der Waals surface area contributed by atoms with Crippen LogP contribution in [0.5, 0.6) is 0 Å². The molecule has 2 radical (unpaired) electrons. The molecule has 100 valence electrons. The minimum Gasteiger partial charge on any atom is -0.437 e. The molecule has 0 aromatic carbocycles. The van der Waals surface area contributed by atoms with Crippen molar-refractivity contribution in [3.63, 3.8) is 0 Å². The summed E-state index contributed by atoms with van der Waals surface area (Å²) < 4.78 is 12.7. The van der Waals surface area contributed by atoms with Crippen molar-refractivity contribution in [1.29, 1.82) is 0 Å². The summed E-state index contributed by atoms with van der Waals surface area (Å²) >= 11 is 0. The number of rotatable bonds is 8. The monoisotopic (exact) mass is 289 g/mol. The van der Waals surface area contributed by atoms with Crippen LogP contribution in [0.3, 0.4) is 0 Å². The van der Waals surface area contributed by atoms with E-state index in [2.05, 4.69) is 51.1 Å². The van der Waals surface area contributed by atoms with Crippen molar-refractivity contribution in [2.24, 2.45) is 0 Å². The van der Waals surface area contributed by atoms with Crippen molar-refractivity contribution < 1.29 is 8.23 Å². The topological polar surface area (TPSA) is 30.5 Å². The lowest BCUT2D eigenvalue weighted by Crippen LogP contribution is -2.52. The van der Waals surface area contributed by atoms with Crippen LogP contribution < -0.4 is 5.23 Å². The summed E-state index contributed by atoms with van der Waals surface area (Å²) in [5, 5.41) is 2.70. The molecule has 0 rings (SSSR count). The number of hydrogen-bond donors (Lipinski definition) is 1. The third-order valence-corrected chi connectivity index (χ3v) is 11.6. The summed E-state index contributed by atoms with van der Waals surface area (Å²) in [6.07, 6.45) is 1.02. The van der Waals surface area contributed by atoms with Crippen LogP contribution in [0.1, 0.15) is 6.42 Å². The zero-order valence-corrected chi connectivity index (χ0v) is 15.5. The Morgan fingerprint density at radius 3 is 1.59 bits per heavy atom. The summed E-state index contributed by atoms with van der Waals surface area (Å²) in [5.41, 5.74) is 0. The van der Waals surface area contributed by atoms with E-state index >= 15 is 0 Å². The van der Waals surface area contributed by atoms with E-state index in [1.807, 2.05) is 0 Å². The molecule has 0 saturated heterocycles. The van der Waals surface area contributed by atoms with Crippen molar-refractivity contribution in [3.05, 3.63) is 0 Å². The van der Waals surface area contributed by atoms with Gasteiger partial charge in [0.25, 0.3) is 0 Å². The van der Waals surface area contributed by atoms with Crippen LogP contribution in [0.25, 0.3) is 0 Å². The van der Waals surface area contributed by atoms with Crippen LogP contribution in [-0.4, -0.2) is 39.7 Å². The molecule has 0 saturated carbocycles. The predicted octanol–water partition coefficient (Wildman–Crippen LogP) is 2.82. The van der Waals surface area contributed by atoms with Gasteiger partial charge in [-0.15, -0.1) is 0 Å². The Labute approximate surface area is 112 Å². The first-order chi connectivity index (χ1) is 7.47. The fourth-order valence-electron chi connectivity index (χ4n) is 1.93. The van der Waals surface area contributed by atoms with Gasteiger partial charge in [0.05, 0.1) is 0 Å². The maximum absolute atomic E-state index is 6.37. The van der Waals surface area contributed by atoms with E-state index in [-0.39, 0.29) is 0 Å². The van der Waals surface area contributed by atoms with E-state index in [0.717, 1.165) is 19.0 Å². The molecular formula is C10H28BNO2Si3. The summed E-state index contributed by atoms with van der Waals surface area (Å²) in [7, 11) is 0.193. The molecule has 0 aromatic heterocycles.